The van der Waals surface area contributed by atoms with Gasteiger partial charge in [0.1, 0.15) is 6.10 Å². The summed E-state index contributed by atoms with van der Waals surface area (Å²) in [5.74, 6) is -0.238. The number of pyridine rings is 1. The molecule has 1 aliphatic carbocycles. The quantitative estimate of drug-likeness (QED) is 0.461. The predicted octanol–water partition coefficient (Wildman–Crippen LogP) is 4.99. The van der Waals surface area contributed by atoms with Gasteiger partial charge in [0.25, 0.3) is 0 Å². The molecule has 1 fully saturated rings. The van der Waals surface area contributed by atoms with Gasteiger partial charge in [0.05, 0.1) is 29.7 Å². The van der Waals surface area contributed by atoms with Crippen LogP contribution in [0.4, 0.5) is 8.78 Å². The number of carbonyl (C=O) groups excluding carboxylic acids is 1. The van der Waals surface area contributed by atoms with Gasteiger partial charge in [-0.05, 0) is 42.0 Å². The molecule has 0 unspecified atom stereocenters. The van der Waals surface area contributed by atoms with Gasteiger partial charge in [-0.15, -0.1) is 0 Å². The number of benzene rings is 1. The van der Waals surface area contributed by atoms with Crippen LogP contribution < -0.4 is 9.47 Å². The van der Waals surface area contributed by atoms with Crippen molar-refractivity contribution in [3.8, 4) is 11.5 Å². The summed E-state index contributed by atoms with van der Waals surface area (Å²) in [5.41, 5.74) is 0.983. The number of alkyl halides is 2. The highest BCUT2D eigenvalue weighted by Gasteiger charge is 2.25. The molecule has 10 heteroatoms. The fourth-order valence-electron chi connectivity index (χ4n) is 2.88. The molecule has 1 aromatic carbocycles. The van der Waals surface area contributed by atoms with E-state index in [-0.39, 0.29) is 30.9 Å². The van der Waals surface area contributed by atoms with Gasteiger partial charge in [-0.25, -0.2) is 0 Å². The van der Waals surface area contributed by atoms with Crippen LogP contribution in [-0.4, -0.2) is 35.9 Å². The predicted molar refractivity (Wildman–Crippen MR) is 110 cm³/mol. The maximum absolute atomic E-state index is 12.8. The Morgan fingerprint density at radius 3 is 2.52 bits per heavy atom. The maximum atomic E-state index is 12.8. The summed E-state index contributed by atoms with van der Waals surface area (Å²) in [6.45, 7) is -3.01. The van der Waals surface area contributed by atoms with E-state index in [0.29, 0.717) is 33.7 Å². The zero-order valence-electron chi connectivity index (χ0n) is 16.4. The van der Waals surface area contributed by atoms with Crippen LogP contribution in [0.15, 0.2) is 30.6 Å². The molecule has 0 bridgehead atoms. The molecule has 1 saturated carbocycles. The van der Waals surface area contributed by atoms with Crippen LogP contribution in [0.3, 0.4) is 0 Å². The van der Waals surface area contributed by atoms with E-state index in [2.05, 4.69) is 9.72 Å². The van der Waals surface area contributed by atoms with Gasteiger partial charge in [-0.1, -0.05) is 29.3 Å². The molecule has 1 heterocycles. The summed E-state index contributed by atoms with van der Waals surface area (Å²) >= 11 is 12.4. The van der Waals surface area contributed by atoms with Crippen LogP contribution in [-0.2, 0) is 16.0 Å². The average molecular weight is 476 g/mol. The number of rotatable bonds is 11. The second-order valence-electron chi connectivity index (χ2n) is 7.08. The number of esters is 1. The average Bonchev–Trinajstić information content (AvgIpc) is 3.53. The Balaban J connectivity index is 1.92. The number of aliphatic hydroxyl groups is 1. The Bertz CT molecular complexity index is 891. The monoisotopic (exact) mass is 475 g/mol. The lowest BCUT2D eigenvalue weighted by Crippen LogP contribution is -2.16. The van der Waals surface area contributed by atoms with Gasteiger partial charge < -0.3 is 19.3 Å². The Hall–Kier alpha value is -2.16. The Morgan fingerprint density at radius 2 is 1.90 bits per heavy atom. The molecule has 0 aliphatic heterocycles. The molecule has 1 aliphatic rings. The van der Waals surface area contributed by atoms with Crippen LogP contribution >= 0.6 is 23.2 Å². The number of aromatic nitrogens is 1. The topological polar surface area (TPSA) is 77.9 Å². The normalized spacial score (nSPS) is 14.4. The molecule has 3 rings (SSSR count). The summed E-state index contributed by atoms with van der Waals surface area (Å²) in [6, 6.07) is 4.34. The van der Waals surface area contributed by atoms with Gasteiger partial charge in [-0.3, -0.25) is 9.78 Å². The molecule has 1 aromatic heterocycles. The van der Waals surface area contributed by atoms with Crippen molar-refractivity contribution in [1.29, 1.82) is 0 Å². The van der Waals surface area contributed by atoms with E-state index in [1.807, 2.05) is 0 Å². The molecule has 1 N–H and O–H groups in total. The van der Waals surface area contributed by atoms with E-state index in [9.17, 15) is 13.6 Å². The molecule has 0 amide bonds. The van der Waals surface area contributed by atoms with E-state index >= 15 is 0 Å². The Morgan fingerprint density at radius 1 is 1.19 bits per heavy atom. The fraction of sp³-hybridized carbons (Fsp3) is 0.429. The van der Waals surface area contributed by atoms with E-state index in [4.69, 9.17) is 37.8 Å². The lowest BCUT2D eigenvalue weighted by atomic mass is 10.0. The third-order valence-corrected chi connectivity index (χ3v) is 5.31. The SMILES string of the molecule is O=C(CCO)O[C@@H](Cc1c(Cl)cncc1Cl)c1ccc(OC(F)F)c(OCC2CC2)c1. The molecule has 0 spiro atoms. The Labute approximate surface area is 188 Å². The van der Waals surface area contributed by atoms with E-state index in [0.717, 1.165) is 12.8 Å². The number of nitrogens with zero attached hydrogens (tertiary/aromatic N) is 1. The second kappa shape index (κ2) is 10.9. The summed E-state index contributed by atoms with van der Waals surface area (Å²) in [5, 5.41) is 9.61. The van der Waals surface area contributed by atoms with E-state index in [1.165, 1.54) is 30.6 Å². The first-order valence-corrected chi connectivity index (χ1v) is 10.4. The Kier molecular flexibility index (Phi) is 8.28. The molecular formula is C21H21Cl2F2NO5. The van der Waals surface area contributed by atoms with Crippen molar-refractivity contribution in [2.24, 2.45) is 5.92 Å². The third kappa shape index (κ3) is 6.92. The smallest absolute Gasteiger partial charge is 0.387 e. The largest absolute Gasteiger partial charge is 0.489 e. The van der Waals surface area contributed by atoms with Crippen molar-refractivity contribution in [2.45, 2.75) is 38.4 Å². The van der Waals surface area contributed by atoms with Crippen molar-refractivity contribution in [3.63, 3.8) is 0 Å². The molecule has 0 radical (unpaired) electrons. The van der Waals surface area contributed by atoms with E-state index < -0.39 is 18.7 Å². The lowest BCUT2D eigenvalue weighted by molar-refractivity contribution is -0.150. The van der Waals surface area contributed by atoms with Crippen molar-refractivity contribution < 1.29 is 32.9 Å². The number of halogens is 4. The van der Waals surface area contributed by atoms with Crippen molar-refractivity contribution in [2.75, 3.05) is 13.2 Å². The van der Waals surface area contributed by atoms with Crippen molar-refractivity contribution in [3.05, 3.63) is 51.8 Å². The van der Waals surface area contributed by atoms with Crippen LogP contribution in [0, 0.1) is 5.92 Å². The van der Waals surface area contributed by atoms with Crippen molar-refractivity contribution in [1.82, 2.24) is 4.98 Å². The van der Waals surface area contributed by atoms with Gasteiger partial charge >= 0.3 is 12.6 Å². The minimum Gasteiger partial charge on any atom is -0.489 e. The van der Waals surface area contributed by atoms with Crippen LogP contribution in [0.1, 0.15) is 36.5 Å². The van der Waals surface area contributed by atoms with Gasteiger partial charge in [0, 0.05) is 18.8 Å². The fourth-order valence-corrected chi connectivity index (χ4v) is 3.40. The van der Waals surface area contributed by atoms with E-state index in [1.54, 1.807) is 0 Å². The molecule has 168 valence electrons. The molecule has 0 saturated heterocycles. The summed E-state index contributed by atoms with van der Waals surface area (Å²) in [6.07, 6.45) is 3.91. The standard InChI is InChI=1S/C21H21Cl2F2NO5/c22-15-9-26-10-16(23)14(15)8-18(30-20(28)5-6-27)13-3-4-17(31-21(24)25)19(7-13)29-11-12-1-2-12/h3-4,7,9-10,12,18,21,27H,1-2,5-6,8,11H2/t18-/m0/s1. The lowest BCUT2D eigenvalue weighted by Gasteiger charge is -2.21. The third-order valence-electron chi connectivity index (χ3n) is 4.66. The van der Waals surface area contributed by atoms with Crippen molar-refractivity contribution >= 4 is 29.2 Å². The molecule has 31 heavy (non-hydrogen) atoms. The van der Waals surface area contributed by atoms with Gasteiger partial charge in [0.15, 0.2) is 11.5 Å². The maximum Gasteiger partial charge on any atom is 0.387 e. The minimum atomic E-state index is -3.01. The molecule has 2 aromatic rings. The van der Waals surface area contributed by atoms with Crippen LogP contribution in [0.2, 0.25) is 10.0 Å². The number of hydrogen-bond acceptors (Lipinski definition) is 6. The zero-order chi connectivity index (χ0) is 22.4. The summed E-state index contributed by atoms with van der Waals surface area (Å²) < 4.78 is 41.4. The molecular weight excluding hydrogens is 455 g/mol. The molecule has 6 nitrogen and oxygen atoms in total. The highest BCUT2D eigenvalue weighted by Crippen LogP contribution is 2.37. The first-order chi connectivity index (χ1) is 14.9. The van der Waals surface area contributed by atoms with Crippen LogP contribution in [0.5, 0.6) is 11.5 Å². The number of hydrogen-bond donors (Lipinski definition) is 1. The number of aliphatic hydroxyl groups excluding tert-OH is 1. The highest BCUT2D eigenvalue weighted by atomic mass is 35.5. The second-order valence-corrected chi connectivity index (χ2v) is 7.89. The van der Waals surface area contributed by atoms with Gasteiger partial charge in [0.2, 0.25) is 0 Å². The number of carbonyl (C=O) groups is 1. The highest BCUT2D eigenvalue weighted by molar-refractivity contribution is 6.35. The first kappa shape index (κ1) is 23.5. The minimum absolute atomic E-state index is 0.106. The van der Waals surface area contributed by atoms with Crippen LogP contribution in [0.25, 0.3) is 0 Å². The summed E-state index contributed by atoms with van der Waals surface area (Å²) in [4.78, 5) is 16.0. The van der Waals surface area contributed by atoms with Gasteiger partial charge in [-0.2, -0.15) is 8.78 Å². The summed E-state index contributed by atoms with van der Waals surface area (Å²) in [7, 11) is 0. The zero-order valence-corrected chi connectivity index (χ0v) is 17.9. The first-order valence-electron chi connectivity index (χ1n) is 9.67. The number of ether oxygens (including phenoxy) is 3. The molecule has 1 atom stereocenters.